The van der Waals surface area contributed by atoms with Crippen molar-refractivity contribution in [3.05, 3.63) is 59.3 Å². The van der Waals surface area contributed by atoms with Crippen LogP contribution in [0.15, 0.2) is 42.5 Å². The minimum atomic E-state index is -0.0478. The molecule has 1 aliphatic carbocycles. The smallest absolute Gasteiger partial charge is 0.269 e. The molecule has 32 heavy (non-hydrogen) atoms. The van der Waals surface area contributed by atoms with Crippen molar-refractivity contribution in [2.24, 2.45) is 5.92 Å². The number of aromatic nitrogens is 1. The van der Waals surface area contributed by atoms with E-state index in [1.165, 1.54) is 24.0 Å². The number of nitrogens with zero attached hydrogens (tertiary/aromatic N) is 3. The maximum Gasteiger partial charge on any atom is 0.269 e. The van der Waals surface area contributed by atoms with Crippen molar-refractivity contribution in [1.29, 1.82) is 0 Å². The molecule has 1 aliphatic heterocycles. The molecule has 2 aliphatic rings. The molecule has 4 rings (SSSR count). The molecule has 0 atom stereocenters. The number of aryl methyl sites for hydroxylation is 1. The van der Waals surface area contributed by atoms with Crippen LogP contribution in [0.4, 0.5) is 5.82 Å². The minimum Gasteiger partial charge on any atom is -0.355 e. The van der Waals surface area contributed by atoms with Crippen molar-refractivity contribution in [1.82, 2.24) is 20.5 Å². The van der Waals surface area contributed by atoms with Gasteiger partial charge in [-0.2, -0.15) is 0 Å². The summed E-state index contributed by atoms with van der Waals surface area (Å²) in [7, 11) is 0. The molecule has 1 saturated carbocycles. The predicted molar refractivity (Wildman–Crippen MR) is 130 cm³/mol. The molecule has 6 nitrogen and oxygen atoms in total. The highest BCUT2D eigenvalue weighted by Gasteiger charge is 2.22. The van der Waals surface area contributed by atoms with Gasteiger partial charge in [-0.3, -0.25) is 4.79 Å². The third kappa shape index (κ3) is 6.78. The van der Waals surface area contributed by atoms with Crippen LogP contribution in [0, 0.1) is 12.8 Å². The third-order valence-corrected chi connectivity index (χ3v) is 6.53. The molecular formula is C26H37N5O. The number of hydrogen-bond acceptors (Lipinski definition) is 5. The van der Waals surface area contributed by atoms with Gasteiger partial charge >= 0.3 is 0 Å². The standard InChI is InChI=1S/C26H37N5O/c1-21-7-2-3-8-23(21)20-27-13-5-14-30-15-6-16-31(18-17-30)25-10-4-9-24(29-25)26(32)28-19-22-11-12-22/h2-4,7-10,22,27H,5-6,11-20H2,1H3,(H,28,32). The van der Waals surface area contributed by atoms with Crippen molar-refractivity contribution >= 4 is 11.7 Å². The van der Waals surface area contributed by atoms with Crippen LogP contribution in [0.2, 0.25) is 0 Å². The minimum absolute atomic E-state index is 0.0478. The van der Waals surface area contributed by atoms with Crippen molar-refractivity contribution < 1.29 is 4.79 Å². The van der Waals surface area contributed by atoms with Crippen LogP contribution in [-0.4, -0.2) is 61.6 Å². The van der Waals surface area contributed by atoms with Gasteiger partial charge in [-0.25, -0.2) is 4.98 Å². The highest BCUT2D eigenvalue weighted by atomic mass is 16.1. The Morgan fingerprint density at radius 2 is 1.94 bits per heavy atom. The fraction of sp³-hybridized carbons (Fsp3) is 0.538. The van der Waals surface area contributed by atoms with Gasteiger partial charge in [0.25, 0.3) is 5.91 Å². The predicted octanol–water partition coefficient (Wildman–Crippen LogP) is 3.22. The van der Waals surface area contributed by atoms with Gasteiger partial charge in [0.1, 0.15) is 11.5 Å². The number of carbonyl (C=O) groups is 1. The molecule has 0 spiro atoms. The molecule has 0 radical (unpaired) electrons. The van der Waals surface area contributed by atoms with Gasteiger partial charge in [-0.05, 0) is 81.4 Å². The summed E-state index contributed by atoms with van der Waals surface area (Å²) in [6.45, 7) is 10.2. The molecule has 1 saturated heterocycles. The van der Waals surface area contributed by atoms with Crippen molar-refractivity contribution in [2.75, 3.05) is 50.7 Å². The van der Waals surface area contributed by atoms with E-state index < -0.39 is 0 Å². The molecular weight excluding hydrogens is 398 g/mol. The van der Waals surface area contributed by atoms with Gasteiger partial charge in [-0.15, -0.1) is 0 Å². The molecule has 2 aromatic rings. The monoisotopic (exact) mass is 435 g/mol. The number of amides is 1. The van der Waals surface area contributed by atoms with Crippen LogP contribution in [0.5, 0.6) is 0 Å². The zero-order chi connectivity index (χ0) is 22.2. The normalized spacial score (nSPS) is 17.2. The van der Waals surface area contributed by atoms with Gasteiger partial charge in [0.05, 0.1) is 0 Å². The Labute approximate surface area is 192 Å². The fourth-order valence-electron chi connectivity index (χ4n) is 4.26. The Morgan fingerprint density at radius 1 is 1.06 bits per heavy atom. The van der Waals surface area contributed by atoms with Crippen molar-refractivity contribution in [2.45, 2.75) is 39.2 Å². The van der Waals surface area contributed by atoms with E-state index in [4.69, 9.17) is 0 Å². The summed E-state index contributed by atoms with van der Waals surface area (Å²) in [6, 6.07) is 14.4. The van der Waals surface area contributed by atoms with Gasteiger partial charge in [-0.1, -0.05) is 30.3 Å². The summed E-state index contributed by atoms with van der Waals surface area (Å²) < 4.78 is 0. The summed E-state index contributed by atoms with van der Waals surface area (Å²) >= 11 is 0. The number of hydrogen-bond donors (Lipinski definition) is 2. The first kappa shape index (κ1) is 22.7. The number of anilines is 1. The van der Waals surface area contributed by atoms with Gasteiger partial charge in [0, 0.05) is 32.7 Å². The van der Waals surface area contributed by atoms with E-state index in [1.807, 2.05) is 18.2 Å². The number of nitrogens with one attached hydrogen (secondary N) is 2. The highest BCUT2D eigenvalue weighted by Crippen LogP contribution is 2.27. The Bertz CT molecular complexity index is 882. The maximum absolute atomic E-state index is 12.4. The van der Waals surface area contributed by atoms with E-state index in [2.05, 4.69) is 56.6 Å². The van der Waals surface area contributed by atoms with E-state index in [-0.39, 0.29) is 5.91 Å². The molecule has 6 heteroatoms. The topological polar surface area (TPSA) is 60.5 Å². The van der Waals surface area contributed by atoms with Crippen LogP contribution in [0.1, 0.15) is 47.3 Å². The largest absolute Gasteiger partial charge is 0.355 e. The Kier molecular flexibility index (Phi) is 8.13. The molecule has 172 valence electrons. The number of benzene rings is 1. The first-order chi connectivity index (χ1) is 15.7. The lowest BCUT2D eigenvalue weighted by atomic mass is 10.1. The highest BCUT2D eigenvalue weighted by molar-refractivity contribution is 5.92. The molecule has 1 aromatic heterocycles. The molecule has 2 heterocycles. The zero-order valence-corrected chi connectivity index (χ0v) is 19.4. The summed E-state index contributed by atoms with van der Waals surface area (Å²) in [4.78, 5) is 22.0. The lowest BCUT2D eigenvalue weighted by Crippen LogP contribution is -2.33. The van der Waals surface area contributed by atoms with Gasteiger partial charge in [0.2, 0.25) is 0 Å². The van der Waals surface area contributed by atoms with E-state index in [1.54, 1.807) is 0 Å². The molecule has 0 unspecified atom stereocenters. The molecule has 2 fully saturated rings. The van der Waals surface area contributed by atoms with Crippen LogP contribution in [-0.2, 0) is 6.54 Å². The van der Waals surface area contributed by atoms with Gasteiger partial charge < -0.3 is 20.4 Å². The second-order valence-corrected chi connectivity index (χ2v) is 9.17. The number of rotatable bonds is 10. The van der Waals surface area contributed by atoms with Crippen LogP contribution in [0.25, 0.3) is 0 Å². The second-order valence-electron chi connectivity index (χ2n) is 9.17. The zero-order valence-electron chi connectivity index (χ0n) is 19.4. The van der Waals surface area contributed by atoms with E-state index in [0.717, 1.165) is 71.0 Å². The Hall–Kier alpha value is -2.44. The quantitative estimate of drug-likeness (QED) is 0.561. The Morgan fingerprint density at radius 3 is 2.78 bits per heavy atom. The average molecular weight is 436 g/mol. The molecule has 1 aromatic carbocycles. The molecule has 0 bridgehead atoms. The van der Waals surface area contributed by atoms with Gasteiger partial charge in [0.15, 0.2) is 0 Å². The molecule has 1 amide bonds. The number of carbonyl (C=O) groups excluding carboxylic acids is 1. The lowest BCUT2D eigenvalue weighted by Gasteiger charge is -2.23. The fourth-order valence-corrected chi connectivity index (χ4v) is 4.26. The second kappa shape index (κ2) is 11.4. The van der Waals surface area contributed by atoms with Crippen LogP contribution in [0.3, 0.4) is 0 Å². The summed E-state index contributed by atoms with van der Waals surface area (Å²) in [5.74, 6) is 1.55. The van der Waals surface area contributed by atoms with E-state index >= 15 is 0 Å². The lowest BCUT2D eigenvalue weighted by molar-refractivity contribution is 0.0947. The van der Waals surface area contributed by atoms with E-state index in [0.29, 0.717) is 11.6 Å². The first-order valence-electron chi connectivity index (χ1n) is 12.2. The van der Waals surface area contributed by atoms with Crippen molar-refractivity contribution in [3.63, 3.8) is 0 Å². The number of pyridine rings is 1. The van der Waals surface area contributed by atoms with E-state index in [9.17, 15) is 4.79 Å². The van der Waals surface area contributed by atoms with Crippen LogP contribution >= 0.6 is 0 Å². The summed E-state index contributed by atoms with van der Waals surface area (Å²) in [5.41, 5.74) is 3.27. The first-order valence-corrected chi connectivity index (χ1v) is 12.2. The summed E-state index contributed by atoms with van der Waals surface area (Å²) in [6.07, 6.45) is 4.75. The maximum atomic E-state index is 12.4. The average Bonchev–Trinajstić information content (AvgIpc) is 3.66. The third-order valence-electron chi connectivity index (χ3n) is 6.53. The van der Waals surface area contributed by atoms with Crippen LogP contribution < -0.4 is 15.5 Å². The molecule has 2 N–H and O–H groups in total. The SMILES string of the molecule is Cc1ccccc1CNCCCN1CCCN(c2cccc(C(=O)NCC3CC3)n2)CC1. The summed E-state index contributed by atoms with van der Waals surface area (Å²) in [5, 5.41) is 6.61. The Balaban J connectivity index is 1.19. The van der Waals surface area contributed by atoms with Crippen molar-refractivity contribution in [3.8, 4) is 0 Å².